The molecule has 15 heavy (non-hydrogen) atoms. The maximum atomic E-state index is 8.96. The lowest BCUT2D eigenvalue weighted by molar-refractivity contribution is 0.189. The van der Waals surface area contributed by atoms with Crippen molar-refractivity contribution in [2.24, 2.45) is 0 Å². The third-order valence-corrected chi connectivity index (χ3v) is 2.56. The van der Waals surface area contributed by atoms with Crippen LogP contribution in [0.15, 0.2) is 18.2 Å². The second-order valence-corrected chi connectivity index (χ2v) is 3.73. The molecule has 1 unspecified atom stereocenters. The van der Waals surface area contributed by atoms with Gasteiger partial charge >= 0.3 is 0 Å². The largest absolute Gasteiger partial charge is 0.492 e. The zero-order valence-corrected chi connectivity index (χ0v) is 9.58. The molecule has 1 aromatic carbocycles. The SMILES string of the molecule is CNC(CO)COc1ccc(C)c(C)c1. The number of aliphatic hydroxyl groups is 1. The first-order valence-electron chi connectivity index (χ1n) is 5.15. The highest BCUT2D eigenvalue weighted by Gasteiger charge is 2.05. The first-order valence-corrected chi connectivity index (χ1v) is 5.15. The van der Waals surface area contributed by atoms with Gasteiger partial charge in [-0.1, -0.05) is 6.07 Å². The Morgan fingerprint density at radius 3 is 2.60 bits per heavy atom. The van der Waals surface area contributed by atoms with Crippen LogP contribution in [0.4, 0.5) is 0 Å². The number of benzene rings is 1. The van der Waals surface area contributed by atoms with Crippen LogP contribution in [0.3, 0.4) is 0 Å². The summed E-state index contributed by atoms with van der Waals surface area (Å²) in [6.45, 7) is 4.70. The second-order valence-electron chi connectivity index (χ2n) is 3.73. The third kappa shape index (κ3) is 3.53. The normalized spacial score (nSPS) is 12.5. The van der Waals surface area contributed by atoms with Crippen molar-refractivity contribution in [3.8, 4) is 5.75 Å². The number of aryl methyl sites for hydroxylation is 2. The highest BCUT2D eigenvalue weighted by atomic mass is 16.5. The zero-order valence-electron chi connectivity index (χ0n) is 9.58. The number of ether oxygens (including phenoxy) is 1. The lowest BCUT2D eigenvalue weighted by Gasteiger charge is -2.14. The van der Waals surface area contributed by atoms with Gasteiger partial charge < -0.3 is 15.2 Å². The molecule has 84 valence electrons. The van der Waals surface area contributed by atoms with Gasteiger partial charge in [-0.2, -0.15) is 0 Å². The van der Waals surface area contributed by atoms with Crippen molar-refractivity contribution in [3.05, 3.63) is 29.3 Å². The molecule has 3 nitrogen and oxygen atoms in total. The van der Waals surface area contributed by atoms with Crippen LogP contribution < -0.4 is 10.1 Å². The number of hydrogen-bond acceptors (Lipinski definition) is 3. The van der Waals surface area contributed by atoms with Crippen LogP contribution in [-0.4, -0.2) is 31.4 Å². The second kappa shape index (κ2) is 5.73. The summed E-state index contributed by atoms with van der Waals surface area (Å²) in [7, 11) is 1.81. The first-order chi connectivity index (χ1) is 7.17. The fraction of sp³-hybridized carbons (Fsp3) is 0.500. The summed E-state index contributed by atoms with van der Waals surface area (Å²) in [5.41, 5.74) is 2.48. The van der Waals surface area contributed by atoms with Gasteiger partial charge in [-0.25, -0.2) is 0 Å². The molecular formula is C12H19NO2. The summed E-state index contributed by atoms with van der Waals surface area (Å²) >= 11 is 0. The minimum absolute atomic E-state index is 0.00777. The van der Waals surface area contributed by atoms with Crippen molar-refractivity contribution in [2.45, 2.75) is 19.9 Å². The van der Waals surface area contributed by atoms with E-state index in [9.17, 15) is 0 Å². The summed E-state index contributed by atoms with van der Waals surface area (Å²) in [5.74, 6) is 0.854. The predicted molar refractivity (Wildman–Crippen MR) is 61.3 cm³/mol. The van der Waals surface area contributed by atoms with E-state index in [-0.39, 0.29) is 12.6 Å². The van der Waals surface area contributed by atoms with Crippen molar-refractivity contribution in [1.82, 2.24) is 5.32 Å². The van der Waals surface area contributed by atoms with Gasteiger partial charge in [-0.05, 0) is 44.2 Å². The Bertz CT molecular complexity index is 308. The lowest BCUT2D eigenvalue weighted by atomic mass is 10.1. The summed E-state index contributed by atoms with van der Waals surface area (Å²) in [4.78, 5) is 0. The average molecular weight is 209 g/mol. The van der Waals surface area contributed by atoms with Gasteiger partial charge in [0.05, 0.1) is 12.6 Å². The number of aliphatic hydroxyl groups excluding tert-OH is 1. The maximum absolute atomic E-state index is 8.96. The Morgan fingerprint density at radius 2 is 2.07 bits per heavy atom. The molecule has 0 radical (unpaired) electrons. The molecule has 0 bridgehead atoms. The van der Waals surface area contributed by atoms with Gasteiger partial charge in [-0.3, -0.25) is 0 Å². The molecule has 0 fully saturated rings. The van der Waals surface area contributed by atoms with Gasteiger partial charge in [0.25, 0.3) is 0 Å². The molecule has 0 heterocycles. The minimum atomic E-state index is -0.00777. The standard InChI is InChI=1S/C12H19NO2/c1-9-4-5-12(6-10(9)2)15-8-11(7-14)13-3/h4-6,11,13-14H,7-8H2,1-3H3. The molecule has 1 atom stereocenters. The van der Waals surface area contributed by atoms with Gasteiger partial charge in [0.1, 0.15) is 12.4 Å². The molecule has 0 saturated heterocycles. The predicted octanol–water partition coefficient (Wildman–Crippen LogP) is 1.26. The molecule has 1 aromatic rings. The number of rotatable bonds is 5. The molecule has 0 amide bonds. The van der Waals surface area contributed by atoms with Crippen molar-refractivity contribution in [1.29, 1.82) is 0 Å². The molecular weight excluding hydrogens is 190 g/mol. The topological polar surface area (TPSA) is 41.5 Å². The number of hydrogen-bond donors (Lipinski definition) is 2. The maximum Gasteiger partial charge on any atom is 0.119 e. The van der Waals surface area contributed by atoms with Crippen LogP contribution in [-0.2, 0) is 0 Å². The minimum Gasteiger partial charge on any atom is -0.492 e. The van der Waals surface area contributed by atoms with E-state index in [0.29, 0.717) is 6.61 Å². The van der Waals surface area contributed by atoms with Crippen molar-refractivity contribution in [3.63, 3.8) is 0 Å². The van der Waals surface area contributed by atoms with Gasteiger partial charge in [0.2, 0.25) is 0 Å². The average Bonchev–Trinajstić information content (AvgIpc) is 2.24. The Balaban J connectivity index is 2.54. The van der Waals surface area contributed by atoms with E-state index < -0.39 is 0 Å². The van der Waals surface area contributed by atoms with E-state index in [1.807, 2.05) is 25.2 Å². The van der Waals surface area contributed by atoms with E-state index in [2.05, 4.69) is 19.2 Å². The van der Waals surface area contributed by atoms with E-state index in [1.54, 1.807) is 0 Å². The molecule has 3 heteroatoms. The molecule has 0 aliphatic heterocycles. The van der Waals surface area contributed by atoms with Crippen LogP contribution in [0.25, 0.3) is 0 Å². The van der Waals surface area contributed by atoms with Crippen LogP contribution in [0, 0.1) is 13.8 Å². The smallest absolute Gasteiger partial charge is 0.119 e. The Kier molecular flexibility index (Phi) is 4.59. The Hall–Kier alpha value is -1.06. The van der Waals surface area contributed by atoms with E-state index in [0.717, 1.165) is 5.75 Å². The molecule has 0 aromatic heterocycles. The third-order valence-electron chi connectivity index (χ3n) is 2.56. The van der Waals surface area contributed by atoms with Crippen molar-refractivity contribution >= 4 is 0 Å². The molecule has 2 N–H and O–H groups in total. The summed E-state index contributed by atoms with van der Waals surface area (Å²) in [5, 5.41) is 11.9. The number of nitrogens with one attached hydrogen (secondary N) is 1. The molecule has 0 aliphatic carbocycles. The molecule has 1 rings (SSSR count). The van der Waals surface area contributed by atoms with Gasteiger partial charge in [-0.15, -0.1) is 0 Å². The Labute approximate surface area is 91.1 Å². The summed E-state index contributed by atoms with van der Waals surface area (Å²) < 4.78 is 5.56. The Morgan fingerprint density at radius 1 is 1.33 bits per heavy atom. The first kappa shape index (κ1) is 12.0. The van der Waals surface area contributed by atoms with E-state index in [1.165, 1.54) is 11.1 Å². The molecule has 0 spiro atoms. The quantitative estimate of drug-likeness (QED) is 0.767. The molecule has 0 aliphatic rings. The summed E-state index contributed by atoms with van der Waals surface area (Å²) in [6.07, 6.45) is 0. The monoisotopic (exact) mass is 209 g/mol. The fourth-order valence-corrected chi connectivity index (χ4v) is 1.23. The van der Waals surface area contributed by atoms with Crippen LogP contribution in [0.2, 0.25) is 0 Å². The summed E-state index contributed by atoms with van der Waals surface area (Å²) in [6, 6.07) is 6.00. The fourth-order valence-electron chi connectivity index (χ4n) is 1.23. The van der Waals surface area contributed by atoms with Gasteiger partial charge in [0.15, 0.2) is 0 Å². The lowest BCUT2D eigenvalue weighted by Crippen LogP contribution is -2.34. The van der Waals surface area contributed by atoms with Gasteiger partial charge in [0, 0.05) is 0 Å². The van der Waals surface area contributed by atoms with Crippen LogP contribution >= 0.6 is 0 Å². The highest BCUT2D eigenvalue weighted by molar-refractivity contribution is 5.33. The zero-order chi connectivity index (χ0) is 11.3. The van der Waals surface area contributed by atoms with E-state index >= 15 is 0 Å². The van der Waals surface area contributed by atoms with Crippen molar-refractivity contribution < 1.29 is 9.84 Å². The highest BCUT2D eigenvalue weighted by Crippen LogP contribution is 2.16. The molecule has 0 saturated carbocycles. The van der Waals surface area contributed by atoms with E-state index in [4.69, 9.17) is 9.84 Å². The van der Waals surface area contributed by atoms with Crippen LogP contribution in [0.5, 0.6) is 5.75 Å². The van der Waals surface area contributed by atoms with Crippen molar-refractivity contribution in [2.75, 3.05) is 20.3 Å². The van der Waals surface area contributed by atoms with Crippen LogP contribution in [0.1, 0.15) is 11.1 Å². The number of likely N-dealkylation sites (N-methyl/N-ethyl adjacent to an activating group) is 1.